The maximum atomic E-state index is 5.59. The summed E-state index contributed by atoms with van der Waals surface area (Å²) in [4.78, 5) is 0. The van der Waals surface area contributed by atoms with Crippen LogP contribution in [-0.2, 0) is 4.74 Å². The Morgan fingerprint density at radius 2 is 2.27 bits per heavy atom. The summed E-state index contributed by atoms with van der Waals surface area (Å²) in [6.45, 7) is 6.66. The molecule has 1 saturated heterocycles. The molecule has 0 radical (unpaired) electrons. The van der Waals surface area contributed by atoms with Gasteiger partial charge in [-0.15, -0.1) is 0 Å². The van der Waals surface area contributed by atoms with E-state index in [0.717, 1.165) is 13.2 Å². The summed E-state index contributed by atoms with van der Waals surface area (Å²) in [7, 11) is 0. The van der Waals surface area contributed by atoms with Crippen LogP contribution >= 0.6 is 0 Å². The minimum Gasteiger partial charge on any atom is -0.378 e. The van der Waals surface area contributed by atoms with Crippen LogP contribution in [0.4, 0.5) is 0 Å². The van der Waals surface area contributed by atoms with Crippen molar-refractivity contribution in [1.82, 2.24) is 5.32 Å². The van der Waals surface area contributed by atoms with Gasteiger partial charge in [0.25, 0.3) is 0 Å². The summed E-state index contributed by atoms with van der Waals surface area (Å²) >= 11 is 0. The lowest BCUT2D eigenvalue weighted by atomic mass is 10.1. The lowest BCUT2D eigenvalue weighted by Gasteiger charge is -2.15. The molecule has 1 aliphatic heterocycles. The molecular weight excluding hydrogens is 186 g/mol. The summed E-state index contributed by atoms with van der Waals surface area (Å²) in [5, 5.41) is 3.59. The molecule has 0 bridgehead atoms. The fourth-order valence-electron chi connectivity index (χ4n) is 2.17. The number of hydrogen-bond acceptors (Lipinski definition) is 2. The van der Waals surface area contributed by atoms with Gasteiger partial charge in [-0.25, -0.2) is 0 Å². The Labute approximate surface area is 94.8 Å². The van der Waals surface area contributed by atoms with Crippen LogP contribution in [0.2, 0.25) is 0 Å². The molecule has 0 aromatic heterocycles. The van der Waals surface area contributed by atoms with E-state index in [-0.39, 0.29) is 0 Å². The number of rotatable bonds is 8. The molecule has 0 amide bonds. The molecule has 1 heterocycles. The third kappa shape index (κ3) is 6.16. The Morgan fingerprint density at radius 1 is 1.40 bits per heavy atom. The van der Waals surface area contributed by atoms with Crippen molar-refractivity contribution in [3.8, 4) is 0 Å². The normalized spacial score (nSPS) is 23.2. The second-order valence-electron chi connectivity index (χ2n) is 4.77. The zero-order chi connectivity index (χ0) is 10.9. The van der Waals surface area contributed by atoms with Gasteiger partial charge in [-0.2, -0.15) is 0 Å². The van der Waals surface area contributed by atoms with Gasteiger partial charge in [-0.1, -0.05) is 26.2 Å². The Kier molecular flexibility index (Phi) is 7.03. The summed E-state index contributed by atoms with van der Waals surface area (Å²) < 4.78 is 5.59. The fraction of sp³-hybridized carbons (Fsp3) is 1.00. The maximum Gasteiger partial charge on any atom is 0.0588 e. The van der Waals surface area contributed by atoms with Crippen LogP contribution in [0, 0.1) is 0 Å². The summed E-state index contributed by atoms with van der Waals surface area (Å²) in [6.07, 6.45) is 9.64. The third-order valence-electron chi connectivity index (χ3n) is 3.22. The van der Waals surface area contributed by atoms with Gasteiger partial charge in [0, 0.05) is 12.6 Å². The first kappa shape index (κ1) is 13.0. The summed E-state index contributed by atoms with van der Waals surface area (Å²) in [5.41, 5.74) is 0. The molecule has 1 rings (SSSR count). The van der Waals surface area contributed by atoms with E-state index in [0.29, 0.717) is 12.1 Å². The average molecular weight is 213 g/mol. The Balaban J connectivity index is 1.89. The molecular formula is C13H27NO. The molecule has 15 heavy (non-hydrogen) atoms. The molecule has 90 valence electrons. The van der Waals surface area contributed by atoms with Crippen molar-refractivity contribution in [2.24, 2.45) is 0 Å². The van der Waals surface area contributed by atoms with Crippen molar-refractivity contribution in [3.63, 3.8) is 0 Å². The predicted octanol–water partition coefficient (Wildman–Crippen LogP) is 3.11. The Morgan fingerprint density at radius 3 is 2.93 bits per heavy atom. The maximum absolute atomic E-state index is 5.59. The highest BCUT2D eigenvalue weighted by molar-refractivity contribution is 4.68. The summed E-state index contributed by atoms with van der Waals surface area (Å²) in [5.74, 6) is 0. The van der Waals surface area contributed by atoms with Crippen LogP contribution in [0.5, 0.6) is 0 Å². The van der Waals surface area contributed by atoms with Gasteiger partial charge in [0.15, 0.2) is 0 Å². The lowest BCUT2D eigenvalue weighted by Crippen LogP contribution is -2.29. The fourth-order valence-corrected chi connectivity index (χ4v) is 2.17. The molecule has 0 saturated carbocycles. The smallest absolute Gasteiger partial charge is 0.0588 e. The minimum absolute atomic E-state index is 0.542. The largest absolute Gasteiger partial charge is 0.378 e. The van der Waals surface area contributed by atoms with Crippen molar-refractivity contribution < 1.29 is 4.74 Å². The van der Waals surface area contributed by atoms with Crippen LogP contribution in [0.25, 0.3) is 0 Å². The van der Waals surface area contributed by atoms with E-state index in [1.54, 1.807) is 0 Å². The van der Waals surface area contributed by atoms with Crippen molar-refractivity contribution in [2.75, 3.05) is 13.2 Å². The van der Waals surface area contributed by atoms with Gasteiger partial charge < -0.3 is 10.1 Å². The van der Waals surface area contributed by atoms with Gasteiger partial charge in [0.05, 0.1) is 6.10 Å². The van der Waals surface area contributed by atoms with Crippen LogP contribution in [0.15, 0.2) is 0 Å². The predicted molar refractivity (Wildman–Crippen MR) is 65.2 cm³/mol. The molecule has 2 atom stereocenters. The Hall–Kier alpha value is -0.0800. The highest BCUT2D eigenvalue weighted by Crippen LogP contribution is 2.14. The van der Waals surface area contributed by atoms with E-state index in [1.807, 2.05) is 0 Å². The molecule has 0 spiro atoms. The summed E-state index contributed by atoms with van der Waals surface area (Å²) in [6, 6.07) is 0.679. The first-order chi connectivity index (χ1) is 7.33. The van der Waals surface area contributed by atoms with Gasteiger partial charge in [-0.3, -0.25) is 0 Å². The van der Waals surface area contributed by atoms with E-state index in [9.17, 15) is 0 Å². The van der Waals surface area contributed by atoms with Crippen molar-refractivity contribution in [2.45, 2.75) is 70.9 Å². The zero-order valence-electron chi connectivity index (χ0n) is 10.4. The van der Waals surface area contributed by atoms with Gasteiger partial charge in [0.2, 0.25) is 0 Å². The van der Waals surface area contributed by atoms with Crippen LogP contribution in [0.1, 0.15) is 58.8 Å². The van der Waals surface area contributed by atoms with E-state index >= 15 is 0 Å². The van der Waals surface area contributed by atoms with E-state index < -0.39 is 0 Å². The van der Waals surface area contributed by atoms with Crippen molar-refractivity contribution in [1.29, 1.82) is 0 Å². The number of hydrogen-bond donors (Lipinski definition) is 1. The van der Waals surface area contributed by atoms with E-state index in [2.05, 4.69) is 19.2 Å². The van der Waals surface area contributed by atoms with Crippen LogP contribution in [-0.4, -0.2) is 25.3 Å². The highest BCUT2D eigenvalue weighted by Gasteiger charge is 2.14. The number of ether oxygens (including phenoxy) is 1. The second-order valence-corrected chi connectivity index (χ2v) is 4.77. The number of nitrogens with one attached hydrogen (secondary N) is 1. The molecule has 0 aromatic rings. The molecule has 0 aliphatic carbocycles. The monoisotopic (exact) mass is 213 g/mol. The second kappa shape index (κ2) is 8.12. The molecule has 2 heteroatoms. The van der Waals surface area contributed by atoms with Gasteiger partial charge >= 0.3 is 0 Å². The molecule has 2 unspecified atom stereocenters. The first-order valence-electron chi connectivity index (χ1n) is 6.68. The van der Waals surface area contributed by atoms with Crippen molar-refractivity contribution in [3.05, 3.63) is 0 Å². The highest BCUT2D eigenvalue weighted by atomic mass is 16.5. The quantitative estimate of drug-likeness (QED) is 0.626. The van der Waals surface area contributed by atoms with Crippen LogP contribution < -0.4 is 5.32 Å². The molecule has 1 N–H and O–H groups in total. The Bertz CT molecular complexity index is 143. The first-order valence-corrected chi connectivity index (χ1v) is 6.68. The standard InChI is InChI=1S/C13H27NO/c1-3-4-5-7-12(2)14-10-9-13-8-6-11-15-13/h12-14H,3-11H2,1-2H3. The van der Waals surface area contributed by atoms with E-state index in [4.69, 9.17) is 4.74 Å². The molecule has 0 aromatic carbocycles. The lowest BCUT2D eigenvalue weighted by molar-refractivity contribution is 0.103. The van der Waals surface area contributed by atoms with Crippen LogP contribution in [0.3, 0.4) is 0 Å². The topological polar surface area (TPSA) is 21.3 Å². The van der Waals surface area contributed by atoms with Gasteiger partial charge in [-0.05, 0) is 39.2 Å². The molecule has 1 aliphatic rings. The number of unbranched alkanes of at least 4 members (excludes halogenated alkanes) is 2. The molecule has 2 nitrogen and oxygen atoms in total. The van der Waals surface area contributed by atoms with Gasteiger partial charge in [0.1, 0.15) is 0 Å². The minimum atomic E-state index is 0.542. The SMILES string of the molecule is CCCCCC(C)NCCC1CCCO1. The zero-order valence-corrected chi connectivity index (χ0v) is 10.4. The average Bonchev–Trinajstić information content (AvgIpc) is 2.71. The third-order valence-corrected chi connectivity index (χ3v) is 3.22. The van der Waals surface area contributed by atoms with E-state index in [1.165, 1.54) is 44.9 Å². The van der Waals surface area contributed by atoms with Crippen molar-refractivity contribution >= 4 is 0 Å². The molecule has 1 fully saturated rings.